The molecule has 542 valence electrons. The average Bonchev–Trinajstić information content (AvgIpc) is 1.72. The van der Waals surface area contributed by atoms with Crippen molar-refractivity contribution in [1.29, 1.82) is 0 Å². The van der Waals surface area contributed by atoms with Crippen LogP contribution in [0.2, 0.25) is 20.1 Å². The first-order valence-electron chi connectivity index (χ1n) is 32.4. The van der Waals surface area contributed by atoms with Crippen molar-refractivity contribution in [3.63, 3.8) is 0 Å². The van der Waals surface area contributed by atoms with Crippen LogP contribution in [0.5, 0.6) is 23.0 Å². The normalized spacial score (nSPS) is 10.4. The van der Waals surface area contributed by atoms with Gasteiger partial charge in [-0.25, -0.2) is 0 Å². The van der Waals surface area contributed by atoms with Gasteiger partial charge in [-0.15, -0.1) is 0 Å². The summed E-state index contributed by atoms with van der Waals surface area (Å²) >= 11 is 23.7. The van der Waals surface area contributed by atoms with Crippen LogP contribution in [0.3, 0.4) is 0 Å². The Morgan fingerprint density at radius 3 is 0.651 bits per heavy atom. The predicted molar refractivity (Wildman–Crippen MR) is 406 cm³/mol. The highest BCUT2D eigenvalue weighted by atomic mass is 35.5. The zero-order valence-corrected chi connectivity index (χ0v) is 61.5. The lowest BCUT2D eigenvalue weighted by Crippen LogP contribution is -2.20. The van der Waals surface area contributed by atoms with Crippen molar-refractivity contribution in [1.82, 2.24) is 40.6 Å². The second kappa shape index (κ2) is 38.9. The Morgan fingerprint density at radius 2 is 0.472 bits per heavy atom. The third-order valence-electron chi connectivity index (χ3n) is 13.9. The minimum absolute atomic E-state index is 0.0731. The van der Waals surface area contributed by atoms with Gasteiger partial charge in [0.2, 0.25) is 0 Å². The molecule has 28 heteroatoms. The topological polar surface area (TPSA) is 309 Å². The van der Waals surface area contributed by atoms with Gasteiger partial charge in [0.15, 0.2) is 26.4 Å². The number of nitrogens with zero attached hydrogens (tertiary/aromatic N) is 8. The fourth-order valence-electron chi connectivity index (χ4n) is 9.74. The van der Waals surface area contributed by atoms with Crippen LogP contribution in [0.15, 0.2) is 224 Å². The van der Waals surface area contributed by atoms with Gasteiger partial charge in [-0.2, -0.15) is 19.9 Å². The second-order valence-corrected chi connectivity index (χ2v) is 25.3. The van der Waals surface area contributed by atoms with Crippen molar-refractivity contribution in [2.24, 2.45) is 0 Å². The summed E-state index contributed by atoms with van der Waals surface area (Å²) in [6.07, 6.45) is 0. The molecule has 13 rings (SSSR count). The van der Waals surface area contributed by atoms with E-state index >= 15 is 0 Å². The summed E-state index contributed by atoms with van der Waals surface area (Å²) in [4.78, 5) is 64.4. The zero-order chi connectivity index (χ0) is 75.5. The van der Waals surface area contributed by atoms with Gasteiger partial charge in [0.25, 0.3) is 71.0 Å². The number of carbonyl (C=O) groups is 4. The predicted octanol–water partition coefficient (Wildman–Crippen LogP) is 17.8. The molecule has 4 amide bonds. The summed E-state index contributed by atoms with van der Waals surface area (Å²) in [6, 6.07) is 63.1. The lowest BCUT2D eigenvalue weighted by atomic mass is 10.1. The standard InChI is InChI=1S/4C18H16ClN3O3.C6H6/c4*1-11-6-12(2)8-15(7-11)24-10-16(23)20-18-21-17(25-22-18)13-4-3-5-14(19)9-13;1-2-4-6-5-3-1/h4*3-9H,10H2,1-2H3,(H,20,22,23);1-6H. The Labute approximate surface area is 629 Å². The lowest BCUT2D eigenvalue weighted by Gasteiger charge is -2.07. The molecule has 0 spiro atoms. The molecule has 0 atom stereocenters. The molecule has 0 aliphatic heterocycles. The number of rotatable bonds is 20. The maximum absolute atomic E-state index is 12.0. The molecule has 106 heavy (non-hydrogen) atoms. The van der Waals surface area contributed by atoms with E-state index in [4.69, 9.17) is 83.4 Å². The molecule has 24 nitrogen and oxygen atoms in total. The number of halogens is 4. The van der Waals surface area contributed by atoms with Gasteiger partial charge in [0, 0.05) is 42.3 Å². The monoisotopic (exact) mass is 1510 g/mol. The van der Waals surface area contributed by atoms with E-state index in [2.05, 4.69) is 61.8 Å². The highest BCUT2D eigenvalue weighted by Crippen LogP contribution is 2.28. The first-order valence-corrected chi connectivity index (χ1v) is 33.9. The van der Waals surface area contributed by atoms with Gasteiger partial charge >= 0.3 is 0 Å². The second-order valence-electron chi connectivity index (χ2n) is 23.5. The van der Waals surface area contributed by atoms with E-state index in [1.807, 2.05) is 165 Å². The largest absolute Gasteiger partial charge is 0.484 e. The van der Waals surface area contributed by atoms with E-state index in [9.17, 15) is 19.2 Å². The molecule has 0 saturated carbocycles. The maximum atomic E-state index is 12.0. The molecule has 0 fully saturated rings. The fraction of sp³-hybridized carbons (Fsp3) is 0.154. The van der Waals surface area contributed by atoms with Gasteiger partial charge in [-0.05, 0) is 242 Å². The van der Waals surface area contributed by atoms with Crippen molar-refractivity contribution in [3.05, 3.63) is 271 Å². The van der Waals surface area contributed by atoms with Crippen LogP contribution in [0, 0.1) is 55.4 Å². The summed E-state index contributed by atoms with van der Waals surface area (Å²) in [5.74, 6) is 2.43. The third-order valence-corrected chi connectivity index (χ3v) is 14.9. The van der Waals surface area contributed by atoms with Crippen molar-refractivity contribution in [2.45, 2.75) is 55.4 Å². The van der Waals surface area contributed by atoms with E-state index < -0.39 is 0 Å². The molecular weight excluding hydrogens is 1440 g/mol. The lowest BCUT2D eigenvalue weighted by molar-refractivity contribution is -0.118. The highest BCUT2D eigenvalue weighted by molar-refractivity contribution is 6.31. The Hall–Kier alpha value is -12.2. The number of anilines is 4. The van der Waals surface area contributed by atoms with Crippen LogP contribution >= 0.6 is 46.4 Å². The molecule has 0 saturated heterocycles. The summed E-state index contributed by atoms with van der Waals surface area (Å²) in [5, 5.41) is 27.3. The Balaban J connectivity index is 0.000000159. The molecule has 0 bridgehead atoms. The first kappa shape index (κ1) is 77.9. The molecule has 0 aliphatic carbocycles. The molecule has 9 aromatic carbocycles. The molecule has 4 heterocycles. The number of ether oxygens (including phenoxy) is 4. The SMILES string of the molecule is Cc1cc(C)cc(OCC(=O)Nc2noc(-c3cccc(Cl)c3)n2)c1.Cc1cc(C)cc(OCC(=O)Nc2noc(-c3cccc(Cl)c3)n2)c1.Cc1cc(C)cc(OCC(=O)Nc2noc(-c3cccc(Cl)c3)n2)c1.Cc1cc(C)cc(OCC(=O)Nc2noc(-c3cccc(Cl)c3)n2)c1.c1ccccc1. The molecule has 13 aromatic rings. The number of aryl methyl sites for hydroxylation is 8. The van der Waals surface area contributed by atoms with Gasteiger partial charge < -0.3 is 37.0 Å². The Morgan fingerprint density at radius 1 is 0.283 bits per heavy atom. The number of hydrogen-bond donors (Lipinski definition) is 4. The van der Waals surface area contributed by atoms with Crippen LogP contribution in [0.25, 0.3) is 45.8 Å². The van der Waals surface area contributed by atoms with Crippen molar-refractivity contribution in [3.8, 4) is 68.8 Å². The van der Waals surface area contributed by atoms with Crippen LogP contribution in [0.1, 0.15) is 44.5 Å². The third kappa shape index (κ3) is 26.2. The van der Waals surface area contributed by atoms with Crippen molar-refractivity contribution < 1.29 is 56.2 Å². The molecular formula is C78H70Cl4N12O12. The number of aromatic nitrogens is 8. The van der Waals surface area contributed by atoms with Crippen LogP contribution < -0.4 is 40.2 Å². The minimum Gasteiger partial charge on any atom is -0.484 e. The summed E-state index contributed by atoms with van der Waals surface area (Å²) in [7, 11) is 0. The Bertz CT molecular complexity index is 4400. The minimum atomic E-state index is -0.377. The average molecular weight is 1510 g/mol. The van der Waals surface area contributed by atoms with Gasteiger partial charge in [-0.1, -0.05) is 131 Å². The number of benzene rings is 9. The molecule has 0 aliphatic rings. The summed E-state index contributed by atoms with van der Waals surface area (Å²) in [6.45, 7) is 15.2. The van der Waals surface area contributed by atoms with Crippen molar-refractivity contribution >= 4 is 93.8 Å². The van der Waals surface area contributed by atoms with Crippen molar-refractivity contribution in [2.75, 3.05) is 47.7 Å². The number of amides is 4. The zero-order valence-electron chi connectivity index (χ0n) is 58.4. The smallest absolute Gasteiger partial charge is 0.270 e. The van der Waals surface area contributed by atoms with E-state index in [0.717, 1.165) is 44.5 Å². The quantitative estimate of drug-likeness (QED) is 0.0551. The van der Waals surface area contributed by atoms with E-state index in [1.54, 1.807) is 97.1 Å². The van der Waals surface area contributed by atoms with E-state index in [1.165, 1.54) is 0 Å². The van der Waals surface area contributed by atoms with E-state index in [0.29, 0.717) is 65.3 Å². The highest BCUT2D eigenvalue weighted by Gasteiger charge is 2.18. The number of nitrogens with one attached hydrogen (secondary N) is 4. The summed E-state index contributed by atoms with van der Waals surface area (Å²) in [5.41, 5.74) is 11.2. The maximum Gasteiger partial charge on any atom is 0.270 e. The molecule has 4 N–H and O–H groups in total. The van der Waals surface area contributed by atoms with Crippen LogP contribution in [0.4, 0.5) is 23.8 Å². The molecule has 4 aromatic heterocycles. The van der Waals surface area contributed by atoms with E-state index in [-0.39, 0.29) is 97.4 Å². The molecule has 0 radical (unpaired) electrons. The van der Waals surface area contributed by atoms with Crippen LogP contribution in [-0.4, -0.2) is 90.6 Å². The molecule has 0 unspecified atom stereocenters. The first-order chi connectivity index (χ1) is 51.0. The number of carbonyl (C=O) groups excluding carboxylic acids is 4. The fourth-order valence-corrected chi connectivity index (χ4v) is 10.5. The number of hydrogen-bond acceptors (Lipinski definition) is 20. The van der Waals surface area contributed by atoms with Gasteiger partial charge in [0.05, 0.1) is 0 Å². The van der Waals surface area contributed by atoms with Gasteiger partial charge in [-0.3, -0.25) is 40.4 Å². The van der Waals surface area contributed by atoms with Gasteiger partial charge in [0.1, 0.15) is 23.0 Å². The summed E-state index contributed by atoms with van der Waals surface area (Å²) < 4.78 is 42.5. The van der Waals surface area contributed by atoms with Crippen LogP contribution in [-0.2, 0) is 19.2 Å². The Kier molecular flexibility index (Phi) is 28.6.